The minimum atomic E-state index is -0.414. The number of ether oxygens (including phenoxy) is 1. The van der Waals surface area contributed by atoms with Crippen LogP contribution in [0.1, 0.15) is 20.3 Å². The van der Waals surface area contributed by atoms with Gasteiger partial charge in [-0.15, -0.1) is 0 Å². The van der Waals surface area contributed by atoms with E-state index in [-0.39, 0.29) is 11.8 Å². The topological polar surface area (TPSA) is 134 Å². The first kappa shape index (κ1) is 25.1. The summed E-state index contributed by atoms with van der Waals surface area (Å²) in [5.74, 6) is 0.638. The second-order valence-electron chi connectivity index (χ2n) is 9.79. The average molecular weight is 537 g/mol. The van der Waals surface area contributed by atoms with E-state index in [1.54, 1.807) is 30.7 Å². The quantitative estimate of drug-likeness (QED) is 0.236. The molecule has 0 saturated heterocycles. The Morgan fingerprint density at radius 3 is 2.75 bits per heavy atom. The summed E-state index contributed by atoms with van der Waals surface area (Å²) >= 11 is 0. The molecule has 11 heteroatoms. The lowest BCUT2D eigenvalue weighted by Crippen LogP contribution is -2.14. The summed E-state index contributed by atoms with van der Waals surface area (Å²) in [6.07, 6.45) is 5.36. The summed E-state index contributed by atoms with van der Waals surface area (Å²) in [6.45, 7) is 3.99. The number of aromatic amines is 2. The lowest BCUT2D eigenvalue weighted by Gasteiger charge is -2.08. The maximum atomic E-state index is 14.2. The van der Waals surface area contributed by atoms with Crippen molar-refractivity contribution >= 4 is 33.8 Å². The van der Waals surface area contributed by atoms with E-state index in [2.05, 4.69) is 30.5 Å². The van der Waals surface area contributed by atoms with Crippen molar-refractivity contribution in [1.29, 1.82) is 0 Å². The molecule has 5 heterocycles. The third kappa shape index (κ3) is 4.84. The van der Waals surface area contributed by atoms with Crippen molar-refractivity contribution in [2.75, 3.05) is 12.4 Å². The molecule has 10 nitrogen and oxygen atoms in total. The molecular formula is C29H25FN8O2. The number of fused-ring (bicyclic) bond motifs is 2. The SMILES string of the molecule is COc1cc(F)cc(-c2ccnc3[nH]c(-c4n[nH]c5ccc(-c6cncc(NC(=O)CC(C)C)c6)nc45)nc23)c1. The number of nitrogens with one attached hydrogen (secondary N) is 3. The Kier molecular flexibility index (Phi) is 6.39. The number of aromatic nitrogens is 7. The van der Waals surface area contributed by atoms with Gasteiger partial charge in [0.1, 0.15) is 22.6 Å². The van der Waals surface area contributed by atoms with Crippen LogP contribution in [0.25, 0.3) is 56.1 Å². The van der Waals surface area contributed by atoms with Gasteiger partial charge in [-0.25, -0.2) is 19.3 Å². The maximum absolute atomic E-state index is 14.2. The van der Waals surface area contributed by atoms with Crippen LogP contribution in [0.4, 0.5) is 10.1 Å². The summed E-state index contributed by atoms with van der Waals surface area (Å²) in [5.41, 5.74) is 6.22. The van der Waals surface area contributed by atoms with Crippen molar-refractivity contribution in [3.63, 3.8) is 0 Å². The van der Waals surface area contributed by atoms with Gasteiger partial charge in [-0.3, -0.25) is 14.9 Å². The molecule has 0 aliphatic heterocycles. The number of rotatable bonds is 7. The van der Waals surface area contributed by atoms with Gasteiger partial charge in [0.05, 0.1) is 30.2 Å². The standard InChI is InChI=1S/C29H25FN8O2/c1-15(2)8-24(39)33-19-10-17(13-31-14-19)22-4-5-23-26(34-22)27(38-37-23)29-35-25-21(6-7-32-28(25)36-29)16-9-18(30)12-20(11-16)40-3/h4-7,9-15H,8H2,1-3H3,(H,33,39)(H,37,38)(H,32,35,36). The van der Waals surface area contributed by atoms with E-state index in [1.165, 1.54) is 19.2 Å². The number of methoxy groups -OCH3 is 1. The fourth-order valence-electron chi connectivity index (χ4n) is 4.55. The van der Waals surface area contributed by atoms with E-state index in [0.29, 0.717) is 62.9 Å². The molecule has 0 unspecified atom stereocenters. The first-order valence-corrected chi connectivity index (χ1v) is 12.7. The van der Waals surface area contributed by atoms with Crippen LogP contribution < -0.4 is 10.1 Å². The van der Waals surface area contributed by atoms with Gasteiger partial charge in [0, 0.05) is 36.0 Å². The Morgan fingerprint density at radius 2 is 1.93 bits per heavy atom. The molecule has 3 N–H and O–H groups in total. The zero-order valence-electron chi connectivity index (χ0n) is 22.0. The van der Waals surface area contributed by atoms with Crippen molar-refractivity contribution in [1.82, 2.24) is 35.1 Å². The lowest BCUT2D eigenvalue weighted by molar-refractivity contribution is -0.116. The lowest BCUT2D eigenvalue weighted by atomic mass is 10.1. The fraction of sp³-hybridized carbons (Fsp3) is 0.172. The van der Waals surface area contributed by atoms with Gasteiger partial charge in [-0.1, -0.05) is 13.8 Å². The number of hydrogen-bond acceptors (Lipinski definition) is 7. The highest BCUT2D eigenvalue weighted by Crippen LogP contribution is 2.33. The van der Waals surface area contributed by atoms with Gasteiger partial charge >= 0.3 is 0 Å². The van der Waals surface area contributed by atoms with Gasteiger partial charge in [-0.2, -0.15) is 5.10 Å². The molecule has 6 rings (SSSR count). The molecule has 0 aliphatic rings. The molecule has 0 radical (unpaired) electrons. The van der Waals surface area contributed by atoms with Crippen LogP contribution in [-0.2, 0) is 4.79 Å². The minimum Gasteiger partial charge on any atom is -0.497 e. The molecule has 0 saturated carbocycles. The second-order valence-corrected chi connectivity index (χ2v) is 9.79. The number of anilines is 1. The molecule has 40 heavy (non-hydrogen) atoms. The van der Waals surface area contributed by atoms with Crippen LogP contribution in [0.3, 0.4) is 0 Å². The third-order valence-corrected chi connectivity index (χ3v) is 6.35. The van der Waals surface area contributed by atoms with E-state index >= 15 is 0 Å². The summed E-state index contributed by atoms with van der Waals surface area (Å²) in [5, 5.41) is 10.4. The van der Waals surface area contributed by atoms with Crippen LogP contribution in [-0.4, -0.2) is 48.1 Å². The molecule has 0 bridgehead atoms. The molecule has 1 amide bonds. The van der Waals surface area contributed by atoms with Crippen LogP contribution >= 0.6 is 0 Å². The fourth-order valence-corrected chi connectivity index (χ4v) is 4.55. The van der Waals surface area contributed by atoms with E-state index in [1.807, 2.05) is 32.0 Å². The molecular weight excluding hydrogens is 511 g/mol. The highest BCUT2D eigenvalue weighted by Gasteiger charge is 2.18. The molecule has 5 aromatic heterocycles. The smallest absolute Gasteiger partial charge is 0.224 e. The van der Waals surface area contributed by atoms with Crippen molar-refractivity contribution in [2.24, 2.45) is 5.92 Å². The Morgan fingerprint density at radius 1 is 1.05 bits per heavy atom. The number of benzene rings is 1. The Bertz CT molecular complexity index is 1880. The van der Waals surface area contributed by atoms with Gasteiger partial charge in [0.25, 0.3) is 0 Å². The number of amides is 1. The van der Waals surface area contributed by atoms with Crippen molar-refractivity contribution in [2.45, 2.75) is 20.3 Å². The van der Waals surface area contributed by atoms with E-state index < -0.39 is 5.82 Å². The van der Waals surface area contributed by atoms with E-state index in [9.17, 15) is 9.18 Å². The number of carbonyl (C=O) groups is 1. The number of nitrogens with zero attached hydrogens (tertiary/aromatic N) is 5. The van der Waals surface area contributed by atoms with Crippen molar-refractivity contribution < 1.29 is 13.9 Å². The molecule has 0 spiro atoms. The predicted octanol–water partition coefficient (Wildman–Crippen LogP) is 5.76. The van der Waals surface area contributed by atoms with Crippen LogP contribution in [0.5, 0.6) is 5.75 Å². The van der Waals surface area contributed by atoms with Crippen molar-refractivity contribution in [3.05, 3.63) is 66.9 Å². The third-order valence-electron chi connectivity index (χ3n) is 6.35. The monoisotopic (exact) mass is 536 g/mol. The Balaban J connectivity index is 1.38. The minimum absolute atomic E-state index is 0.0657. The summed E-state index contributed by atoms with van der Waals surface area (Å²) < 4.78 is 19.5. The highest BCUT2D eigenvalue weighted by molar-refractivity contribution is 5.95. The predicted molar refractivity (Wildman–Crippen MR) is 150 cm³/mol. The maximum Gasteiger partial charge on any atom is 0.224 e. The van der Waals surface area contributed by atoms with E-state index in [0.717, 1.165) is 11.1 Å². The molecule has 0 aliphatic carbocycles. The van der Waals surface area contributed by atoms with Gasteiger partial charge in [0.15, 0.2) is 17.2 Å². The number of pyridine rings is 3. The van der Waals surface area contributed by atoms with Gasteiger partial charge in [0.2, 0.25) is 5.91 Å². The Hall–Kier alpha value is -5.19. The molecule has 0 atom stereocenters. The summed E-state index contributed by atoms with van der Waals surface area (Å²) in [4.78, 5) is 33.8. The second kappa shape index (κ2) is 10.2. The zero-order valence-corrected chi connectivity index (χ0v) is 22.0. The van der Waals surface area contributed by atoms with Crippen LogP contribution in [0, 0.1) is 11.7 Å². The number of H-pyrrole nitrogens is 2. The zero-order chi connectivity index (χ0) is 27.8. The molecule has 200 valence electrons. The highest BCUT2D eigenvalue weighted by atomic mass is 19.1. The van der Waals surface area contributed by atoms with Gasteiger partial charge < -0.3 is 15.0 Å². The number of imidazole rings is 1. The number of carbonyl (C=O) groups excluding carboxylic acids is 1. The normalized spacial score (nSPS) is 11.4. The van der Waals surface area contributed by atoms with Crippen LogP contribution in [0.15, 0.2) is 61.1 Å². The average Bonchev–Trinajstić information content (AvgIpc) is 3.56. The van der Waals surface area contributed by atoms with Gasteiger partial charge in [-0.05, 0) is 47.9 Å². The largest absolute Gasteiger partial charge is 0.497 e. The number of halogens is 1. The molecule has 0 fully saturated rings. The molecule has 1 aromatic carbocycles. The van der Waals surface area contributed by atoms with Crippen LogP contribution in [0.2, 0.25) is 0 Å². The first-order valence-electron chi connectivity index (χ1n) is 12.7. The summed E-state index contributed by atoms with van der Waals surface area (Å²) in [6, 6.07) is 11.8. The summed E-state index contributed by atoms with van der Waals surface area (Å²) in [7, 11) is 1.49. The molecule has 6 aromatic rings. The van der Waals surface area contributed by atoms with Crippen molar-refractivity contribution in [3.8, 4) is 39.7 Å². The van der Waals surface area contributed by atoms with E-state index in [4.69, 9.17) is 14.7 Å². The first-order chi connectivity index (χ1) is 19.4. The Labute approximate surface area is 228 Å². The number of hydrogen-bond donors (Lipinski definition) is 3.